The van der Waals surface area contributed by atoms with E-state index in [0.717, 1.165) is 0 Å². The number of hydrogen-bond acceptors (Lipinski definition) is 8. The van der Waals surface area contributed by atoms with E-state index in [-0.39, 0.29) is 18.2 Å². The van der Waals surface area contributed by atoms with Crippen molar-refractivity contribution in [3.05, 3.63) is 52.6 Å². The molecule has 0 saturated carbocycles. The predicted molar refractivity (Wildman–Crippen MR) is 95.3 cm³/mol. The first kappa shape index (κ1) is 19.0. The smallest absolute Gasteiger partial charge is 0.344 e. The van der Waals surface area contributed by atoms with Gasteiger partial charge in [0.25, 0.3) is 11.6 Å². The van der Waals surface area contributed by atoms with Crippen molar-refractivity contribution in [2.24, 2.45) is 0 Å². The number of hydrogen-bond donors (Lipinski definition) is 1. The third kappa shape index (κ3) is 4.67. The van der Waals surface area contributed by atoms with E-state index in [4.69, 9.17) is 18.9 Å². The number of non-ortho nitro benzene ring substituents is 1. The zero-order chi connectivity index (χ0) is 20.1. The molecule has 1 heterocycles. The molecule has 0 aliphatic carbocycles. The Bertz CT molecular complexity index is 897. The highest BCUT2D eigenvalue weighted by molar-refractivity contribution is 5.95. The first-order valence-electron chi connectivity index (χ1n) is 8.19. The van der Waals surface area contributed by atoms with E-state index in [9.17, 15) is 19.7 Å². The summed E-state index contributed by atoms with van der Waals surface area (Å²) in [4.78, 5) is 34.0. The van der Waals surface area contributed by atoms with Crippen molar-refractivity contribution in [2.45, 2.75) is 13.0 Å². The average Bonchev–Trinajstić information content (AvgIpc) is 3.14. The van der Waals surface area contributed by atoms with Crippen LogP contribution in [0.1, 0.15) is 6.92 Å². The molecule has 10 heteroatoms. The number of carbonyl (C=O) groups excluding carboxylic acids is 2. The molecule has 0 unspecified atom stereocenters. The van der Waals surface area contributed by atoms with Crippen LogP contribution in [0.15, 0.2) is 42.5 Å². The SMILES string of the molecule is C[C@H](OC(=O)COc1ccc([N+](=O)[O-])cc1)C(=O)Nc1ccc2c(c1)OCO2. The van der Waals surface area contributed by atoms with Crippen LogP contribution in [0.3, 0.4) is 0 Å². The molecular weight excluding hydrogens is 372 g/mol. The number of fused-ring (bicyclic) bond motifs is 1. The summed E-state index contributed by atoms with van der Waals surface area (Å²) in [6, 6.07) is 10.1. The van der Waals surface area contributed by atoms with Gasteiger partial charge in [-0.25, -0.2) is 4.79 Å². The van der Waals surface area contributed by atoms with Gasteiger partial charge in [0.2, 0.25) is 6.79 Å². The molecule has 0 radical (unpaired) electrons. The lowest BCUT2D eigenvalue weighted by atomic mass is 10.2. The number of carbonyl (C=O) groups is 2. The van der Waals surface area contributed by atoms with Crippen molar-refractivity contribution in [1.82, 2.24) is 0 Å². The van der Waals surface area contributed by atoms with Gasteiger partial charge >= 0.3 is 5.97 Å². The van der Waals surface area contributed by atoms with Crippen molar-refractivity contribution in [3.63, 3.8) is 0 Å². The summed E-state index contributed by atoms with van der Waals surface area (Å²) in [6.07, 6.45) is -1.06. The van der Waals surface area contributed by atoms with Crippen molar-refractivity contribution >= 4 is 23.3 Å². The first-order valence-corrected chi connectivity index (χ1v) is 8.19. The van der Waals surface area contributed by atoms with Gasteiger partial charge in [-0.15, -0.1) is 0 Å². The molecule has 0 fully saturated rings. The Labute approximate surface area is 159 Å². The molecule has 1 atom stereocenters. The normalized spacial score (nSPS) is 12.8. The average molecular weight is 388 g/mol. The highest BCUT2D eigenvalue weighted by atomic mass is 16.7. The van der Waals surface area contributed by atoms with E-state index < -0.39 is 29.5 Å². The molecular formula is C18H16N2O8. The van der Waals surface area contributed by atoms with Crippen LogP contribution in [-0.2, 0) is 14.3 Å². The molecule has 1 N–H and O–H groups in total. The monoisotopic (exact) mass is 388 g/mol. The van der Waals surface area contributed by atoms with Crippen LogP contribution >= 0.6 is 0 Å². The van der Waals surface area contributed by atoms with Crippen LogP contribution in [0.5, 0.6) is 17.2 Å². The number of nitrogens with zero attached hydrogens (tertiary/aromatic N) is 1. The summed E-state index contributed by atoms with van der Waals surface area (Å²) in [5.41, 5.74) is 0.378. The predicted octanol–water partition coefficient (Wildman–Crippen LogP) is 2.27. The number of nitro benzene ring substituents is 1. The van der Waals surface area contributed by atoms with Gasteiger partial charge in [0.15, 0.2) is 24.2 Å². The van der Waals surface area contributed by atoms with Crippen LogP contribution in [0.4, 0.5) is 11.4 Å². The molecule has 1 amide bonds. The molecule has 3 rings (SSSR count). The third-order valence-electron chi connectivity index (χ3n) is 3.72. The van der Waals surface area contributed by atoms with Gasteiger partial charge in [0.05, 0.1) is 4.92 Å². The fourth-order valence-corrected chi connectivity index (χ4v) is 2.31. The lowest BCUT2D eigenvalue weighted by Crippen LogP contribution is -2.31. The zero-order valence-corrected chi connectivity index (χ0v) is 14.7. The number of rotatable bonds is 7. The number of benzene rings is 2. The summed E-state index contributed by atoms with van der Waals surface area (Å²) in [7, 11) is 0. The second-order valence-corrected chi connectivity index (χ2v) is 5.73. The second-order valence-electron chi connectivity index (χ2n) is 5.73. The van der Waals surface area contributed by atoms with Gasteiger partial charge in [-0.1, -0.05) is 0 Å². The van der Waals surface area contributed by atoms with Crippen LogP contribution in [0.25, 0.3) is 0 Å². The van der Waals surface area contributed by atoms with E-state index >= 15 is 0 Å². The Morgan fingerprint density at radius 2 is 1.89 bits per heavy atom. The maximum atomic E-state index is 12.2. The fraction of sp³-hybridized carbons (Fsp3) is 0.222. The number of nitro groups is 1. The van der Waals surface area contributed by atoms with Gasteiger partial charge < -0.3 is 24.3 Å². The Kier molecular flexibility index (Phi) is 5.58. The summed E-state index contributed by atoms with van der Waals surface area (Å²) in [5.74, 6) is 0.0778. The third-order valence-corrected chi connectivity index (χ3v) is 3.72. The summed E-state index contributed by atoms with van der Waals surface area (Å²) < 4.78 is 20.6. The van der Waals surface area contributed by atoms with Crippen LogP contribution in [0, 0.1) is 10.1 Å². The number of anilines is 1. The lowest BCUT2D eigenvalue weighted by Gasteiger charge is -2.14. The van der Waals surface area contributed by atoms with Crippen LogP contribution in [0.2, 0.25) is 0 Å². The number of esters is 1. The molecule has 0 spiro atoms. The summed E-state index contributed by atoms with van der Waals surface area (Å²) in [6.45, 7) is 1.10. The quantitative estimate of drug-likeness (QED) is 0.435. The molecule has 2 aromatic carbocycles. The highest BCUT2D eigenvalue weighted by Gasteiger charge is 2.20. The second kappa shape index (κ2) is 8.25. The molecule has 0 saturated heterocycles. The summed E-state index contributed by atoms with van der Waals surface area (Å²) in [5, 5.41) is 13.2. The van der Waals surface area contributed by atoms with Gasteiger partial charge in [0, 0.05) is 23.9 Å². The van der Waals surface area contributed by atoms with E-state index in [1.54, 1.807) is 18.2 Å². The minimum Gasteiger partial charge on any atom is -0.482 e. The van der Waals surface area contributed by atoms with Crippen molar-refractivity contribution in [2.75, 3.05) is 18.7 Å². The molecule has 1 aliphatic rings. The maximum absolute atomic E-state index is 12.2. The van der Waals surface area contributed by atoms with Crippen LogP contribution < -0.4 is 19.5 Å². The van der Waals surface area contributed by atoms with Crippen molar-refractivity contribution in [3.8, 4) is 17.2 Å². The molecule has 0 aromatic heterocycles. The summed E-state index contributed by atoms with van der Waals surface area (Å²) >= 11 is 0. The Balaban J connectivity index is 1.46. The van der Waals surface area contributed by atoms with E-state index in [1.807, 2.05) is 0 Å². The molecule has 2 aromatic rings. The maximum Gasteiger partial charge on any atom is 0.344 e. The standard InChI is InChI=1S/C18H16N2O8/c1-11(18(22)19-12-2-7-15-16(8-12)27-10-26-15)28-17(21)9-25-14-5-3-13(4-6-14)20(23)24/h2-8,11H,9-10H2,1H3,(H,19,22)/t11-/m0/s1. The minimum absolute atomic E-state index is 0.0938. The van der Waals surface area contributed by atoms with Gasteiger partial charge in [-0.3, -0.25) is 14.9 Å². The first-order chi connectivity index (χ1) is 13.4. The Morgan fingerprint density at radius 1 is 1.18 bits per heavy atom. The molecule has 0 bridgehead atoms. The van der Waals surface area contributed by atoms with E-state index in [2.05, 4.69) is 5.32 Å². The molecule has 146 valence electrons. The highest BCUT2D eigenvalue weighted by Crippen LogP contribution is 2.34. The van der Waals surface area contributed by atoms with E-state index in [1.165, 1.54) is 31.2 Å². The Hall–Kier alpha value is -3.82. The molecule has 1 aliphatic heterocycles. The minimum atomic E-state index is -1.06. The number of ether oxygens (including phenoxy) is 4. The van der Waals surface area contributed by atoms with Crippen molar-refractivity contribution in [1.29, 1.82) is 0 Å². The molecule has 10 nitrogen and oxygen atoms in total. The van der Waals surface area contributed by atoms with Gasteiger partial charge in [0.1, 0.15) is 5.75 Å². The molecule has 28 heavy (non-hydrogen) atoms. The zero-order valence-electron chi connectivity index (χ0n) is 14.7. The topological polar surface area (TPSA) is 126 Å². The van der Waals surface area contributed by atoms with Crippen LogP contribution in [-0.4, -0.2) is 36.3 Å². The van der Waals surface area contributed by atoms with Crippen molar-refractivity contribution < 1.29 is 33.5 Å². The largest absolute Gasteiger partial charge is 0.482 e. The van der Waals surface area contributed by atoms with Gasteiger partial charge in [-0.05, 0) is 31.2 Å². The number of nitrogens with one attached hydrogen (secondary N) is 1. The fourth-order valence-electron chi connectivity index (χ4n) is 2.31. The number of amides is 1. The lowest BCUT2D eigenvalue weighted by molar-refractivity contribution is -0.384. The Morgan fingerprint density at radius 3 is 2.61 bits per heavy atom. The van der Waals surface area contributed by atoms with E-state index in [0.29, 0.717) is 17.2 Å². The van der Waals surface area contributed by atoms with Gasteiger partial charge in [-0.2, -0.15) is 0 Å².